The SMILES string of the molecule is COc1ccc(C)cc1NC1NC(=O)/C(=C/c2ccco2)S1. The van der Waals surface area contributed by atoms with Crippen LogP contribution >= 0.6 is 11.8 Å². The minimum atomic E-state index is -0.246. The van der Waals surface area contributed by atoms with Crippen molar-refractivity contribution in [2.45, 2.75) is 12.4 Å². The summed E-state index contributed by atoms with van der Waals surface area (Å²) in [7, 11) is 1.62. The maximum absolute atomic E-state index is 12.0. The van der Waals surface area contributed by atoms with Crippen LogP contribution in [0.15, 0.2) is 45.9 Å². The summed E-state index contributed by atoms with van der Waals surface area (Å²) in [5.74, 6) is 1.28. The van der Waals surface area contributed by atoms with E-state index in [2.05, 4.69) is 10.6 Å². The van der Waals surface area contributed by atoms with E-state index in [1.54, 1.807) is 25.5 Å². The molecule has 1 amide bonds. The fraction of sp³-hybridized carbons (Fsp3) is 0.188. The van der Waals surface area contributed by atoms with Crippen molar-refractivity contribution >= 4 is 29.4 Å². The van der Waals surface area contributed by atoms with Crippen molar-refractivity contribution in [3.63, 3.8) is 0 Å². The van der Waals surface area contributed by atoms with Crippen molar-refractivity contribution in [3.05, 3.63) is 52.8 Å². The summed E-state index contributed by atoms with van der Waals surface area (Å²) in [6, 6.07) is 9.47. The van der Waals surface area contributed by atoms with Crippen LogP contribution in [0.4, 0.5) is 5.69 Å². The van der Waals surface area contributed by atoms with E-state index in [1.165, 1.54) is 11.8 Å². The average molecular weight is 316 g/mol. The summed E-state index contributed by atoms with van der Waals surface area (Å²) < 4.78 is 10.6. The Morgan fingerprint density at radius 3 is 3.00 bits per heavy atom. The van der Waals surface area contributed by atoms with Crippen LogP contribution in [0.3, 0.4) is 0 Å². The topological polar surface area (TPSA) is 63.5 Å². The quantitative estimate of drug-likeness (QED) is 0.848. The third-order valence-electron chi connectivity index (χ3n) is 3.19. The van der Waals surface area contributed by atoms with Gasteiger partial charge in [-0.2, -0.15) is 0 Å². The van der Waals surface area contributed by atoms with E-state index in [0.29, 0.717) is 10.7 Å². The molecule has 1 fully saturated rings. The van der Waals surface area contributed by atoms with Gasteiger partial charge in [-0.3, -0.25) is 4.79 Å². The second kappa shape index (κ2) is 6.19. The van der Waals surface area contributed by atoms with Crippen molar-refractivity contribution in [1.29, 1.82) is 0 Å². The van der Waals surface area contributed by atoms with Crippen LogP contribution in [-0.4, -0.2) is 18.5 Å². The molecule has 5 nitrogen and oxygen atoms in total. The number of carbonyl (C=O) groups is 1. The Balaban J connectivity index is 1.75. The first-order valence-corrected chi connectivity index (χ1v) is 7.67. The molecule has 1 aromatic carbocycles. The fourth-order valence-corrected chi connectivity index (χ4v) is 3.10. The summed E-state index contributed by atoms with van der Waals surface area (Å²) in [5, 5.41) is 6.16. The molecule has 22 heavy (non-hydrogen) atoms. The molecule has 1 saturated heterocycles. The van der Waals surface area contributed by atoms with Gasteiger partial charge >= 0.3 is 0 Å². The van der Waals surface area contributed by atoms with Crippen molar-refractivity contribution in [3.8, 4) is 5.75 Å². The van der Waals surface area contributed by atoms with Gasteiger partial charge in [-0.25, -0.2) is 0 Å². The molecule has 6 heteroatoms. The lowest BCUT2D eigenvalue weighted by Gasteiger charge is -2.16. The number of thioether (sulfide) groups is 1. The zero-order valence-corrected chi connectivity index (χ0v) is 13.1. The molecule has 2 heterocycles. The van der Waals surface area contributed by atoms with Crippen molar-refractivity contribution < 1.29 is 13.9 Å². The van der Waals surface area contributed by atoms with E-state index < -0.39 is 0 Å². The molecule has 0 saturated carbocycles. The Hall–Kier alpha value is -2.34. The molecule has 1 unspecified atom stereocenters. The first kappa shape index (κ1) is 14.6. The number of anilines is 1. The Labute approximate surface area is 132 Å². The first-order chi connectivity index (χ1) is 10.7. The molecule has 1 aliphatic rings. The molecule has 0 spiro atoms. The predicted molar refractivity (Wildman–Crippen MR) is 87.6 cm³/mol. The highest BCUT2D eigenvalue weighted by Crippen LogP contribution is 2.33. The molecule has 2 N–H and O–H groups in total. The highest BCUT2D eigenvalue weighted by atomic mass is 32.2. The number of amides is 1. The Kier molecular flexibility index (Phi) is 4.11. The number of nitrogens with one attached hydrogen (secondary N) is 2. The molecular formula is C16H16N2O3S. The third-order valence-corrected chi connectivity index (χ3v) is 4.22. The van der Waals surface area contributed by atoms with Crippen molar-refractivity contribution in [1.82, 2.24) is 5.32 Å². The standard InChI is InChI=1S/C16H16N2O3S/c1-10-5-6-13(20-2)12(8-10)17-16-18-15(19)14(22-16)9-11-4-3-7-21-11/h3-9,16-17H,1-2H3,(H,18,19)/b14-9-. The third kappa shape index (κ3) is 3.12. The monoisotopic (exact) mass is 316 g/mol. The molecule has 1 atom stereocenters. The van der Waals surface area contributed by atoms with Crippen LogP contribution < -0.4 is 15.4 Å². The molecule has 0 aliphatic carbocycles. The van der Waals surface area contributed by atoms with E-state index in [9.17, 15) is 4.79 Å². The van der Waals surface area contributed by atoms with Crippen LogP contribution in [0.5, 0.6) is 5.75 Å². The van der Waals surface area contributed by atoms with Gasteiger partial charge in [0.05, 0.1) is 24.0 Å². The lowest BCUT2D eigenvalue weighted by atomic mass is 10.2. The van der Waals surface area contributed by atoms with Crippen LogP contribution in [0.1, 0.15) is 11.3 Å². The molecule has 114 valence electrons. The minimum Gasteiger partial charge on any atom is -0.495 e. The number of benzene rings is 1. The maximum atomic E-state index is 12.0. The highest BCUT2D eigenvalue weighted by molar-refractivity contribution is 8.05. The fourth-order valence-electron chi connectivity index (χ4n) is 2.14. The number of methoxy groups -OCH3 is 1. The van der Waals surface area contributed by atoms with E-state index >= 15 is 0 Å². The molecule has 0 radical (unpaired) electrons. The summed E-state index contributed by atoms with van der Waals surface area (Å²) in [6.07, 6.45) is 3.31. The Morgan fingerprint density at radius 2 is 2.27 bits per heavy atom. The molecule has 1 aromatic heterocycles. The predicted octanol–water partition coefficient (Wildman–Crippen LogP) is 3.20. The lowest BCUT2D eigenvalue weighted by Crippen LogP contribution is -2.31. The molecular weight excluding hydrogens is 300 g/mol. The largest absolute Gasteiger partial charge is 0.495 e. The number of hydrogen-bond acceptors (Lipinski definition) is 5. The molecule has 2 aromatic rings. The van der Waals surface area contributed by atoms with Gasteiger partial charge in [0, 0.05) is 6.08 Å². The average Bonchev–Trinajstić information content (AvgIpc) is 3.10. The van der Waals surface area contributed by atoms with Gasteiger partial charge in [0.25, 0.3) is 5.91 Å². The summed E-state index contributed by atoms with van der Waals surface area (Å²) >= 11 is 1.41. The van der Waals surface area contributed by atoms with Gasteiger partial charge in [-0.15, -0.1) is 0 Å². The van der Waals surface area contributed by atoms with E-state index in [-0.39, 0.29) is 11.4 Å². The summed E-state index contributed by atoms with van der Waals surface area (Å²) in [6.45, 7) is 2.01. The number of carbonyl (C=O) groups excluding carboxylic acids is 1. The van der Waals surface area contributed by atoms with Crippen molar-refractivity contribution in [2.24, 2.45) is 0 Å². The summed E-state index contributed by atoms with van der Waals surface area (Å²) in [4.78, 5) is 12.6. The summed E-state index contributed by atoms with van der Waals surface area (Å²) in [5.41, 5.74) is 1.72. The van der Waals surface area contributed by atoms with Crippen LogP contribution in [0.2, 0.25) is 0 Å². The van der Waals surface area contributed by atoms with Crippen molar-refractivity contribution in [2.75, 3.05) is 12.4 Å². The van der Waals surface area contributed by atoms with Gasteiger partial charge in [0.15, 0.2) is 5.50 Å². The lowest BCUT2D eigenvalue weighted by molar-refractivity contribution is -0.116. The number of rotatable bonds is 4. The Morgan fingerprint density at radius 1 is 1.41 bits per heavy atom. The highest BCUT2D eigenvalue weighted by Gasteiger charge is 2.28. The van der Waals surface area contributed by atoms with E-state index in [1.807, 2.05) is 31.2 Å². The zero-order chi connectivity index (χ0) is 15.5. The normalized spacial score (nSPS) is 19.3. The van der Waals surface area contributed by atoms with Gasteiger partial charge in [-0.05, 0) is 36.8 Å². The second-order valence-corrected chi connectivity index (χ2v) is 5.99. The smallest absolute Gasteiger partial charge is 0.260 e. The molecule has 0 bridgehead atoms. The van der Waals surface area contributed by atoms with Crippen LogP contribution in [-0.2, 0) is 4.79 Å². The first-order valence-electron chi connectivity index (χ1n) is 6.79. The van der Waals surface area contributed by atoms with Gasteiger partial charge in [0.2, 0.25) is 0 Å². The van der Waals surface area contributed by atoms with Gasteiger partial charge < -0.3 is 19.8 Å². The minimum absolute atomic E-state index is 0.120. The second-order valence-electron chi connectivity index (χ2n) is 4.84. The Bertz CT molecular complexity index is 710. The number of ether oxygens (including phenoxy) is 1. The molecule has 1 aliphatic heterocycles. The van der Waals surface area contributed by atoms with Crippen LogP contribution in [0.25, 0.3) is 6.08 Å². The molecule has 3 rings (SSSR count). The van der Waals surface area contributed by atoms with Gasteiger partial charge in [0.1, 0.15) is 11.5 Å². The maximum Gasteiger partial charge on any atom is 0.260 e. The number of furan rings is 1. The number of aryl methyl sites for hydroxylation is 1. The zero-order valence-electron chi connectivity index (χ0n) is 12.3. The number of hydrogen-bond donors (Lipinski definition) is 2. The van der Waals surface area contributed by atoms with E-state index in [4.69, 9.17) is 9.15 Å². The van der Waals surface area contributed by atoms with Gasteiger partial charge in [-0.1, -0.05) is 17.8 Å². The van der Waals surface area contributed by atoms with E-state index in [0.717, 1.165) is 17.0 Å². The van der Waals surface area contributed by atoms with Crippen LogP contribution in [0, 0.1) is 6.92 Å².